The van der Waals surface area contributed by atoms with Crippen LogP contribution in [0.2, 0.25) is 0 Å². The molecule has 0 saturated carbocycles. The summed E-state index contributed by atoms with van der Waals surface area (Å²) in [4.78, 5) is 15.8. The lowest BCUT2D eigenvalue weighted by molar-refractivity contribution is 0.100. The van der Waals surface area contributed by atoms with Gasteiger partial charge < -0.3 is 5.73 Å². The molecule has 0 atom stereocenters. The third kappa shape index (κ3) is 2.01. The zero-order chi connectivity index (χ0) is 14.1. The summed E-state index contributed by atoms with van der Waals surface area (Å²) in [5.41, 5.74) is 7.04. The Hall–Kier alpha value is -2.75. The molecule has 0 spiro atoms. The number of carbonyl (C=O) groups excluding carboxylic acids is 1. The molecular formula is C16H11FN2O. The molecule has 1 aromatic heterocycles. The van der Waals surface area contributed by atoms with Crippen LogP contribution in [0.15, 0.2) is 54.6 Å². The SMILES string of the molecule is NC(=O)c1cccc2ccc(-c3ccccc3F)nc12. The number of aromatic nitrogens is 1. The van der Waals surface area contributed by atoms with Gasteiger partial charge >= 0.3 is 0 Å². The van der Waals surface area contributed by atoms with Crippen molar-refractivity contribution in [3.63, 3.8) is 0 Å². The highest BCUT2D eigenvalue weighted by molar-refractivity contribution is 6.05. The van der Waals surface area contributed by atoms with Crippen LogP contribution in [0.4, 0.5) is 4.39 Å². The molecule has 1 amide bonds. The first-order chi connectivity index (χ1) is 9.66. The van der Waals surface area contributed by atoms with E-state index in [0.717, 1.165) is 5.39 Å². The maximum Gasteiger partial charge on any atom is 0.250 e. The fourth-order valence-corrected chi connectivity index (χ4v) is 2.16. The largest absolute Gasteiger partial charge is 0.366 e. The molecule has 0 fully saturated rings. The van der Waals surface area contributed by atoms with Crippen molar-refractivity contribution in [3.8, 4) is 11.3 Å². The minimum Gasteiger partial charge on any atom is -0.366 e. The van der Waals surface area contributed by atoms with E-state index in [1.807, 2.05) is 6.07 Å². The number of halogens is 1. The van der Waals surface area contributed by atoms with E-state index in [9.17, 15) is 9.18 Å². The van der Waals surface area contributed by atoms with E-state index in [0.29, 0.717) is 22.3 Å². The lowest BCUT2D eigenvalue weighted by Gasteiger charge is -2.06. The van der Waals surface area contributed by atoms with Gasteiger partial charge in [0.25, 0.3) is 5.91 Å². The Morgan fingerprint density at radius 2 is 1.80 bits per heavy atom. The van der Waals surface area contributed by atoms with Crippen molar-refractivity contribution in [2.45, 2.75) is 0 Å². The van der Waals surface area contributed by atoms with Crippen molar-refractivity contribution < 1.29 is 9.18 Å². The van der Waals surface area contributed by atoms with Gasteiger partial charge in [-0.1, -0.05) is 30.3 Å². The van der Waals surface area contributed by atoms with Crippen molar-refractivity contribution in [1.82, 2.24) is 4.98 Å². The standard InChI is InChI=1S/C16H11FN2O/c17-13-7-2-1-5-11(13)14-9-8-10-4-3-6-12(16(18)20)15(10)19-14/h1-9H,(H2,18,20). The number of nitrogens with two attached hydrogens (primary N) is 1. The van der Waals surface area contributed by atoms with Gasteiger partial charge in [-0.3, -0.25) is 4.79 Å². The monoisotopic (exact) mass is 266 g/mol. The summed E-state index contributed by atoms with van der Waals surface area (Å²) in [5.74, 6) is -0.898. The third-order valence-corrected chi connectivity index (χ3v) is 3.14. The Bertz CT molecular complexity index is 814. The summed E-state index contributed by atoms with van der Waals surface area (Å²) in [6.45, 7) is 0. The van der Waals surface area contributed by atoms with Crippen LogP contribution in [0.5, 0.6) is 0 Å². The molecule has 3 nitrogen and oxygen atoms in total. The number of hydrogen-bond donors (Lipinski definition) is 1. The first-order valence-electron chi connectivity index (χ1n) is 6.11. The molecule has 0 unspecified atom stereocenters. The van der Waals surface area contributed by atoms with Crippen molar-refractivity contribution in [2.75, 3.05) is 0 Å². The highest BCUT2D eigenvalue weighted by Gasteiger charge is 2.11. The van der Waals surface area contributed by atoms with Gasteiger partial charge in [0.15, 0.2) is 0 Å². The maximum absolute atomic E-state index is 13.8. The van der Waals surface area contributed by atoms with Gasteiger partial charge in [0, 0.05) is 10.9 Å². The van der Waals surface area contributed by atoms with Gasteiger partial charge in [0.05, 0.1) is 16.8 Å². The Balaban J connectivity index is 2.27. The van der Waals surface area contributed by atoms with Crippen molar-refractivity contribution in [2.24, 2.45) is 5.73 Å². The van der Waals surface area contributed by atoms with E-state index < -0.39 is 5.91 Å². The van der Waals surface area contributed by atoms with Gasteiger partial charge in [-0.2, -0.15) is 0 Å². The Kier molecular flexibility index (Phi) is 2.91. The highest BCUT2D eigenvalue weighted by atomic mass is 19.1. The number of rotatable bonds is 2. The fraction of sp³-hybridized carbons (Fsp3) is 0. The molecule has 0 bridgehead atoms. The molecular weight excluding hydrogens is 255 g/mol. The lowest BCUT2D eigenvalue weighted by atomic mass is 10.1. The zero-order valence-corrected chi connectivity index (χ0v) is 10.5. The predicted molar refractivity (Wildman–Crippen MR) is 75.7 cm³/mol. The van der Waals surface area contributed by atoms with Gasteiger partial charge in [0.2, 0.25) is 0 Å². The summed E-state index contributed by atoms with van der Waals surface area (Å²) in [6, 6.07) is 15.1. The normalized spacial score (nSPS) is 10.7. The lowest BCUT2D eigenvalue weighted by Crippen LogP contribution is -2.11. The molecule has 0 aliphatic heterocycles. The molecule has 3 aromatic rings. The van der Waals surface area contributed by atoms with E-state index in [1.54, 1.807) is 42.5 Å². The quantitative estimate of drug-likeness (QED) is 0.774. The highest BCUT2D eigenvalue weighted by Crippen LogP contribution is 2.24. The zero-order valence-electron chi connectivity index (χ0n) is 10.5. The predicted octanol–water partition coefficient (Wildman–Crippen LogP) is 3.14. The molecule has 98 valence electrons. The second-order valence-corrected chi connectivity index (χ2v) is 4.42. The minimum atomic E-state index is -0.547. The topological polar surface area (TPSA) is 56.0 Å². The molecule has 2 N–H and O–H groups in total. The van der Waals surface area contributed by atoms with Crippen LogP contribution in [0.25, 0.3) is 22.2 Å². The summed E-state index contributed by atoms with van der Waals surface area (Å²) in [6.07, 6.45) is 0. The molecule has 0 aliphatic carbocycles. The second kappa shape index (κ2) is 4.74. The van der Waals surface area contributed by atoms with Crippen LogP contribution in [0.1, 0.15) is 10.4 Å². The molecule has 0 saturated heterocycles. The molecule has 4 heteroatoms. The average Bonchev–Trinajstić information content (AvgIpc) is 2.46. The van der Waals surface area contributed by atoms with E-state index in [4.69, 9.17) is 5.73 Å². The molecule has 0 radical (unpaired) electrons. The Morgan fingerprint density at radius 3 is 2.55 bits per heavy atom. The molecule has 1 heterocycles. The number of carbonyl (C=O) groups is 1. The van der Waals surface area contributed by atoms with Gasteiger partial charge in [-0.05, 0) is 24.3 Å². The maximum atomic E-state index is 13.8. The average molecular weight is 266 g/mol. The van der Waals surface area contributed by atoms with E-state index in [2.05, 4.69) is 4.98 Å². The van der Waals surface area contributed by atoms with E-state index in [-0.39, 0.29) is 5.82 Å². The minimum absolute atomic E-state index is 0.334. The first kappa shape index (κ1) is 12.3. The Morgan fingerprint density at radius 1 is 1.00 bits per heavy atom. The first-order valence-corrected chi connectivity index (χ1v) is 6.11. The summed E-state index contributed by atoms with van der Waals surface area (Å²) in [7, 11) is 0. The van der Waals surface area contributed by atoms with Crippen LogP contribution in [-0.4, -0.2) is 10.9 Å². The molecule has 20 heavy (non-hydrogen) atoms. The van der Waals surface area contributed by atoms with Gasteiger partial charge in [0.1, 0.15) is 5.82 Å². The third-order valence-electron chi connectivity index (χ3n) is 3.14. The smallest absolute Gasteiger partial charge is 0.250 e. The van der Waals surface area contributed by atoms with Crippen LogP contribution >= 0.6 is 0 Å². The summed E-state index contributed by atoms with van der Waals surface area (Å²) < 4.78 is 13.8. The number of nitrogens with zero attached hydrogens (tertiary/aromatic N) is 1. The number of para-hydroxylation sites is 1. The number of pyridine rings is 1. The van der Waals surface area contributed by atoms with E-state index in [1.165, 1.54) is 6.07 Å². The van der Waals surface area contributed by atoms with Gasteiger partial charge in [-0.15, -0.1) is 0 Å². The summed E-state index contributed by atoms with van der Waals surface area (Å²) >= 11 is 0. The number of fused-ring (bicyclic) bond motifs is 1. The van der Waals surface area contributed by atoms with Crippen molar-refractivity contribution >= 4 is 16.8 Å². The number of amides is 1. The van der Waals surface area contributed by atoms with Crippen LogP contribution in [0.3, 0.4) is 0 Å². The van der Waals surface area contributed by atoms with Crippen LogP contribution in [-0.2, 0) is 0 Å². The van der Waals surface area contributed by atoms with Crippen LogP contribution < -0.4 is 5.73 Å². The van der Waals surface area contributed by atoms with Gasteiger partial charge in [-0.25, -0.2) is 9.37 Å². The summed E-state index contributed by atoms with van der Waals surface area (Å²) in [5, 5.41) is 0.793. The van der Waals surface area contributed by atoms with Crippen molar-refractivity contribution in [1.29, 1.82) is 0 Å². The molecule has 3 rings (SSSR count). The second-order valence-electron chi connectivity index (χ2n) is 4.42. The fourth-order valence-electron chi connectivity index (χ4n) is 2.16. The van der Waals surface area contributed by atoms with Crippen LogP contribution in [0, 0.1) is 5.82 Å². The van der Waals surface area contributed by atoms with Crippen molar-refractivity contribution in [3.05, 3.63) is 66.0 Å². The number of benzene rings is 2. The molecule has 0 aliphatic rings. The van der Waals surface area contributed by atoms with E-state index >= 15 is 0 Å². The Labute approximate surface area is 114 Å². The number of hydrogen-bond acceptors (Lipinski definition) is 2. The molecule has 2 aromatic carbocycles. The number of primary amides is 1.